The maximum Gasteiger partial charge on any atom is 0.345 e. The van der Waals surface area contributed by atoms with Gasteiger partial charge >= 0.3 is 5.97 Å². The summed E-state index contributed by atoms with van der Waals surface area (Å²) in [5.74, 6) is -4.31. The number of rotatable bonds is 4. The highest BCUT2D eigenvalue weighted by molar-refractivity contribution is 6.27. The summed E-state index contributed by atoms with van der Waals surface area (Å²) in [6, 6.07) is 3.23. The lowest BCUT2D eigenvalue weighted by molar-refractivity contribution is -0.619. The Morgan fingerprint density at radius 1 is 1.14 bits per heavy atom. The molecule has 29 heavy (non-hydrogen) atoms. The van der Waals surface area contributed by atoms with Crippen molar-refractivity contribution >= 4 is 17.5 Å². The summed E-state index contributed by atoms with van der Waals surface area (Å²) < 4.78 is 31.5. The van der Waals surface area contributed by atoms with E-state index < -0.39 is 29.2 Å². The molecule has 2 aromatic rings. The number of allylic oxidation sites excluding steroid dienone is 2. The number of Topliss-reactive ketones (excluding diaryl/α,β-unsaturated/α-hetero) is 1. The van der Waals surface area contributed by atoms with Crippen molar-refractivity contribution in [3.63, 3.8) is 0 Å². The topological polar surface area (TPSA) is 99.4 Å². The van der Waals surface area contributed by atoms with Gasteiger partial charge in [0.25, 0.3) is 0 Å². The molecular weight excluding hydrogens is 386 g/mol. The van der Waals surface area contributed by atoms with E-state index in [0.717, 1.165) is 25.3 Å². The fourth-order valence-corrected chi connectivity index (χ4v) is 3.20. The molecule has 0 unspecified atom stereocenters. The van der Waals surface area contributed by atoms with Gasteiger partial charge in [0, 0.05) is 26.5 Å². The summed E-state index contributed by atoms with van der Waals surface area (Å²) in [4.78, 5) is 37.9. The molecule has 1 N–H and O–H groups in total. The average molecular weight is 402 g/mol. The molecule has 150 valence electrons. The number of hydrogen-bond donors (Lipinski definition) is 1. The van der Waals surface area contributed by atoms with Crippen molar-refractivity contribution < 1.29 is 32.6 Å². The van der Waals surface area contributed by atoms with Crippen LogP contribution in [0.5, 0.6) is 0 Å². The van der Waals surface area contributed by atoms with Crippen molar-refractivity contribution in [2.45, 2.75) is 20.4 Å². The first-order valence-corrected chi connectivity index (χ1v) is 8.50. The predicted octanol–water partition coefficient (Wildman–Crippen LogP) is 2.05. The average Bonchev–Trinajstić information content (AvgIpc) is 2.69. The van der Waals surface area contributed by atoms with Gasteiger partial charge in [0.1, 0.15) is 11.1 Å². The zero-order valence-corrected chi connectivity index (χ0v) is 15.8. The Balaban J connectivity index is 2.04. The molecule has 0 aliphatic heterocycles. The molecule has 1 aliphatic rings. The van der Waals surface area contributed by atoms with Gasteiger partial charge in [-0.2, -0.15) is 4.73 Å². The van der Waals surface area contributed by atoms with Crippen molar-refractivity contribution in [2.75, 3.05) is 7.11 Å². The van der Waals surface area contributed by atoms with E-state index in [1.807, 2.05) is 0 Å². The van der Waals surface area contributed by atoms with Crippen LogP contribution in [-0.4, -0.2) is 24.6 Å². The van der Waals surface area contributed by atoms with E-state index in [1.165, 1.54) is 19.9 Å². The normalized spacial score (nSPS) is 13.1. The molecule has 0 radical (unpaired) electrons. The molecule has 9 heteroatoms. The number of hydrogen-bond acceptors (Lipinski definition) is 6. The molecule has 1 aromatic carbocycles. The molecule has 0 spiro atoms. The molecule has 0 bridgehead atoms. The lowest BCUT2D eigenvalue weighted by Crippen LogP contribution is -2.42. The number of halogens is 2. The number of methoxy groups -OCH3 is 1. The van der Waals surface area contributed by atoms with E-state index >= 15 is 0 Å². The Kier molecular flexibility index (Phi) is 5.15. The number of ketones is 2. The Morgan fingerprint density at radius 2 is 1.83 bits per heavy atom. The maximum atomic E-state index is 13.4. The molecule has 1 heterocycles. The number of ether oxygens (including phenoxy) is 1. The lowest BCUT2D eigenvalue weighted by atomic mass is 9.87. The second-order valence-electron chi connectivity index (χ2n) is 6.44. The first-order valence-electron chi connectivity index (χ1n) is 8.50. The summed E-state index contributed by atoms with van der Waals surface area (Å²) >= 11 is 0. The van der Waals surface area contributed by atoms with Gasteiger partial charge in [-0.3, -0.25) is 9.59 Å². The van der Waals surface area contributed by atoms with Crippen LogP contribution in [0.25, 0.3) is 0 Å². The lowest BCUT2D eigenvalue weighted by Gasteiger charge is -2.21. The van der Waals surface area contributed by atoms with Crippen LogP contribution in [0, 0.1) is 30.7 Å². The third-order valence-electron chi connectivity index (χ3n) is 4.68. The number of esters is 1. The third kappa shape index (κ3) is 3.35. The van der Waals surface area contributed by atoms with Crippen molar-refractivity contribution in [3.05, 3.63) is 80.5 Å². The summed E-state index contributed by atoms with van der Waals surface area (Å²) in [7, 11) is 1.09. The van der Waals surface area contributed by atoms with Gasteiger partial charge in [-0.1, -0.05) is 6.07 Å². The van der Waals surface area contributed by atoms with Crippen LogP contribution >= 0.6 is 0 Å². The van der Waals surface area contributed by atoms with E-state index in [-0.39, 0.29) is 40.3 Å². The third-order valence-corrected chi connectivity index (χ3v) is 4.68. The van der Waals surface area contributed by atoms with Gasteiger partial charge in [-0.25, -0.2) is 13.6 Å². The smallest absolute Gasteiger partial charge is 0.345 e. The number of carbonyl (C=O) groups excluding carboxylic acids is 3. The first kappa shape index (κ1) is 20.1. The Labute approximate surface area is 164 Å². The zero-order valence-electron chi connectivity index (χ0n) is 15.8. The van der Waals surface area contributed by atoms with Crippen LogP contribution in [0.4, 0.5) is 8.78 Å². The summed E-state index contributed by atoms with van der Waals surface area (Å²) in [5.41, 5.74) is -0.576. The summed E-state index contributed by atoms with van der Waals surface area (Å²) in [6.45, 7) is 2.65. The van der Waals surface area contributed by atoms with Crippen molar-refractivity contribution in [2.24, 2.45) is 0 Å². The van der Waals surface area contributed by atoms with Crippen LogP contribution in [0.2, 0.25) is 0 Å². The van der Waals surface area contributed by atoms with Crippen LogP contribution in [-0.2, 0) is 11.3 Å². The van der Waals surface area contributed by atoms with Gasteiger partial charge in [-0.05, 0) is 17.7 Å². The highest BCUT2D eigenvalue weighted by Crippen LogP contribution is 2.27. The molecule has 0 fully saturated rings. The molecule has 1 aromatic heterocycles. The Hall–Kier alpha value is -3.62. The second kappa shape index (κ2) is 7.42. The minimum absolute atomic E-state index is 0.0144. The number of fused-ring (bicyclic) bond motifs is 1. The molecule has 1 aliphatic carbocycles. The Bertz CT molecular complexity index is 1110. The molecule has 0 amide bonds. The fraction of sp³-hybridized carbons (Fsp3) is 0.200. The molecule has 0 saturated heterocycles. The minimum Gasteiger partial charge on any atom is -0.618 e. The van der Waals surface area contributed by atoms with E-state index in [4.69, 9.17) is 0 Å². The molecule has 0 atom stereocenters. The second-order valence-corrected chi connectivity index (χ2v) is 6.44. The van der Waals surface area contributed by atoms with Crippen molar-refractivity contribution in [1.82, 2.24) is 5.32 Å². The van der Waals surface area contributed by atoms with Gasteiger partial charge < -0.3 is 15.3 Å². The van der Waals surface area contributed by atoms with Gasteiger partial charge in [-0.15, -0.1) is 0 Å². The number of nitrogens with zero attached hydrogens (tertiary/aromatic N) is 1. The van der Waals surface area contributed by atoms with Gasteiger partial charge in [0.05, 0.1) is 18.4 Å². The molecule has 7 nitrogen and oxygen atoms in total. The standard InChI is InChI=1S/C20H16F2N2O5/c1-9-16-15(25)7-14(23-8-11-4-5-12(21)13(22)6-11)19(26)18(16)17(20(27)29-3)10(2)24(9)28/h4-7,23H,8H2,1-3H3. The monoisotopic (exact) mass is 402 g/mol. The number of carbonyl (C=O) groups is 3. The van der Waals surface area contributed by atoms with Crippen molar-refractivity contribution in [1.29, 1.82) is 0 Å². The molecule has 0 saturated carbocycles. The first-order chi connectivity index (χ1) is 13.7. The van der Waals surface area contributed by atoms with Gasteiger partial charge in [0.15, 0.2) is 17.4 Å². The molecular formula is C20H16F2N2O5. The quantitative estimate of drug-likeness (QED) is 0.477. The van der Waals surface area contributed by atoms with Gasteiger partial charge in [0.2, 0.25) is 17.2 Å². The van der Waals surface area contributed by atoms with Crippen LogP contribution < -0.4 is 10.0 Å². The summed E-state index contributed by atoms with van der Waals surface area (Å²) in [6.07, 6.45) is 1.01. The van der Waals surface area contributed by atoms with E-state index in [0.29, 0.717) is 10.3 Å². The number of pyridine rings is 1. The zero-order chi connectivity index (χ0) is 21.5. The maximum absolute atomic E-state index is 13.4. The fourth-order valence-electron chi connectivity index (χ4n) is 3.20. The van der Waals surface area contributed by atoms with Crippen LogP contribution in [0.15, 0.2) is 30.0 Å². The van der Waals surface area contributed by atoms with E-state index in [1.54, 1.807) is 0 Å². The number of nitrogens with one attached hydrogen (secondary N) is 1. The van der Waals surface area contributed by atoms with E-state index in [2.05, 4.69) is 10.1 Å². The minimum atomic E-state index is -1.05. The number of aromatic nitrogens is 1. The number of benzene rings is 1. The van der Waals surface area contributed by atoms with Crippen LogP contribution in [0.3, 0.4) is 0 Å². The van der Waals surface area contributed by atoms with E-state index in [9.17, 15) is 28.4 Å². The molecule has 3 rings (SSSR count). The Morgan fingerprint density at radius 3 is 2.45 bits per heavy atom. The SMILES string of the molecule is COC(=O)c1c2c(c(C)[n+]([O-])c1C)C(=O)C=C(NCc1ccc(F)c(F)c1)C2=O. The van der Waals surface area contributed by atoms with Crippen molar-refractivity contribution in [3.8, 4) is 0 Å². The highest BCUT2D eigenvalue weighted by Gasteiger charge is 2.38. The highest BCUT2D eigenvalue weighted by atomic mass is 19.2. The largest absolute Gasteiger partial charge is 0.618 e. The van der Waals surface area contributed by atoms with Crippen LogP contribution in [0.1, 0.15) is 48.0 Å². The predicted molar refractivity (Wildman–Crippen MR) is 96.2 cm³/mol. The summed E-state index contributed by atoms with van der Waals surface area (Å²) in [5, 5.41) is 15.0.